The van der Waals surface area contributed by atoms with Crippen LogP contribution in [0.4, 0.5) is 0 Å². The number of nitrogens with zero attached hydrogens (tertiary/aromatic N) is 1. The van der Waals surface area contributed by atoms with Crippen LogP contribution in [0.2, 0.25) is 0 Å². The monoisotopic (exact) mass is 311 g/mol. The van der Waals surface area contributed by atoms with Gasteiger partial charge in [-0.15, -0.1) is 0 Å². The average Bonchev–Trinajstić information content (AvgIpc) is 2.89. The van der Waals surface area contributed by atoms with Gasteiger partial charge < -0.3 is 9.69 Å². The van der Waals surface area contributed by atoms with Gasteiger partial charge in [-0.25, -0.2) is 0 Å². The van der Waals surface area contributed by atoms with Gasteiger partial charge in [0.1, 0.15) is 5.78 Å². The van der Waals surface area contributed by atoms with E-state index in [1.165, 1.54) is 11.1 Å². The van der Waals surface area contributed by atoms with E-state index in [2.05, 4.69) is 36.1 Å². The van der Waals surface area contributed by atoms with Gasteiger partial charge in [0.15, 0.2) is 0 Å². The number of Topliss-reactive ketones (excluding diaryl/α,β-unsaturated/α-hetero) is 1. The highest BCUT2D eigenvalue weighted by Gasteiger charge is 2.72. The first-order chi connectivity index (χ1) is 10.9. The Hall–Kier alpha value is -1.64. The number of benzene rings is 1. The van der Waals surface area contributed by atoms with Gasteiger partial charge in [-0.05, 0) is 56.9 Å². The Morgan fingerprint density at radius 2 is 2.00 bits per heavy atom. The zero-order chi connectivity index (χ0) is 16.2. The fraction of sp³-hybridized carbons (Fsp3) is 0.600. The third kappa shape index (κ3) is 2.24. The maximum atomic E-state index is 13.1. The molecule has 1 amide bonds. The predicted octanol–water partition coefficient (Wildman–Crippen LogP) is 3.81. The number of hydrogen-bond acceptors (Lipinski definition) is 2. The molecule has 1 aromatic carbocycles. The van der Waals surface area contributed by atoms with E-state index in [4.69, 9.17) is 0 Å². The van der Waals surface area contributed by atoms with Crippen molar-refractivity contribution in [3.63, 3.8) is 0 Å². The van der Waals surface area contributed by atoms with Gasteiger partial charge in [-0.3, -0.25) is 4.79 Å². The average molecular weight is 311 g/mol. The number of hydrogen-bond donors (Lipinski definition) is 0. The maximum Gasteiger partial charge on any atom is 0.229 e. The molecular formula is C20H25NO2. The van der Waals surface area contributed by atoms with E-state index in [-0.39, 0.29) is 22.7 Å². The van der Waals surface area contributed by atoms with Crippen molar-refractivity contribution in [1.29, 1.82) is 0 Å². The molecule has 0 aromatic heterocycles. The van der Waals surface area contributed by atoms with Crippen molar-refractivity contribution in [3.05, 3.63) is 35.4 Å². The molecule has 0 radical (unpaired) electrons. The number of likely N-dealkylation sites (tertiary alicyclic amines) is 1. The van der Waals surface area contributed by atoms with Gasteiger partial charge in [0.2, 0.25) is 5.91 Å². The van der Waals surface area contributed by atoms with Crippen LogP contribution in [0.1, 0.15) is 62.6 Å². The summed E-state index contributed by atoms with van der Waals surface area (Å²) in [6, 6.07) is 8.82. The number of amides is 1. The first-order valence-corrected chi connectivity index (χ1v) is 8.80. The lowest BCUT2D eigenvalue weighted by atomic mass is 9.33. The molecule has 0 spiro atoms. The summed E-state index contributed by atoms with van der Waals surface area (Å²) >= 11 is 0. The molecule has 1 aromatic rings. The lowest BCUT2D eigenvalue weighted by Gasteiger charge is -2.70. The van der Waals surface area contributed by atoms with Crippen molar-refractivity contribution in [2.45, 2.75) is 58.4 Å². The molecule has 3 aliphatic carbocycles. The molecule has 2 bridgehead atoms. The van der Waals surface area contributed by atoms with Crippen molar-refractivity contribution in [2.24, 2.45) is 10.8 Å². The lowest BCUT2D eigenvalue weighted by Crippen LogP contribution is -2.68. The zero-order valence-corrected chi connectivity index (χ0v) is 14.1. The molecule has 5 rings (SSSR count). The van der Waals surface area contributed by atoms with Crippen LogP contribution in [0.5, 0.6) is 0 Å². The number of rotatable bonds is 4. The van der Waals surface area contributed by atoms with Crippen LogP contribution in [-0.2, 0) is 9.59 Å². The first kappa shape index (κ1) is 14.9. The summed E-state index contributed by atoms with van der Waals surface area (Å²) in [5, 5.41) is 0. The molecule has 0 N–H and O–H groups in total. The Morgan fingerprint density at radius 3 is 2.65 bits per heavy atom. The van der Waals surface area contributed by atoms with E-state index in [0.717, 1.165) is 38.6 Å². The second kappa shape index (κ2) is 4.93. The summed E-state index contributed by atoms with van der Waals surface area (Å²) in [5.41, 5.74) is 2.59. The SMILES string of the molecule is CC(=O)CC12CC(C(=O)N3CCCC3c3cccc(C)c3)(C1)C2. The second-order valence-corrected chi connectivity index (χ2v) is 8.26. The highest BCUT2D eigenvalue weighted by Crippen LogP contribution is 2.75. The van der Waals surface area contributed by atoms with Gasteiger partial charge >= 0.3 is 0 Å². The Morgan fingerprint density at radius 1 is 1.26 bits per heavy atom. The van der Waals surface area contributed by atoms with E-state index in [1.54, 1.807) is 6.92 Å². The smallest absolute Gasteiger partial charge is 0.229 e. The summed E-state index contributed by atoms with van der Waals surface area (Å²) in [4.78, 5) is 26.6. The van der Waals surface area contributed by atoms with Gasteiger partial charge in [0, 0.05) is 13.0 Å². The van der Waals surface area contributed by atoms with Crippen LogP contribution in [0.25, 0.3) is 0 Å². The van der Waals surface area contributed by atoms with Gasteiger partial charge in [-0.2, -0.15) is 0 Å². The molecule has 3 saturated carbocycles. The summed E-state index contributed by atoms with van der Waals surface area (Å²) in [6.45, 7) is 4.67. The molecule has 4 fully saturated rings. The number of carbonyl (C=O) groups is 2. The molecule has 23 heavy (non-hydrogen) atoms. The van der Waals surface area contributed by atoms with Crippen LogP contribution in [0, 0.1) is 17.8 Å². The molecule has 122 valence electrons. The Balaban J connectivity index is 1.48. The zero-order valence-electron chi connectivity index (χ0n) is 14.1. The summed E-state index contributed by atoms with van der Waals surface area (Å²) in [6.07, 6.45) is 5.66. The molecule has 4 aliphatic rings. The third-order valence-electron chi connectivity index (χ3n) is 6.16. The summed E-state index contributed by atoms with van der Waals surface area (Å²) in [7, 11) is 0. The minimum atomic E-state index is -0.123. The number of aryl methyl sites for hydroxylation is 1. The van der Waals surface area contributed by atoms with Crippen molar-refractivity contribution < 1.29 is 9.59 Å². The molecule has 1 saturated heterocycles. The third-order valence-corrected chi connectivity index (χ3v) is 6.16. The minimum Gasteiger partial charge on any atom is -0.335 e. The van der Waals surface area contributed by atoms with Crippen molar-refractivity contribution >= 4 is 11.7 Å². The van der Waals surface area contributed by atoms with Gasteiger partial charge in [0.05, 0.1) is 11.5 Å². The Labute approximate surface area is 138 Å². The highest BCUT2D eigenvalue weighted by atomic mass is 16.2. The summed E-state index contributed by atoms with van der Waals surface area (Å²) < 4.78 is 0. The predicted molar refractivity (Wildman–Crippen MR) is 88.9 cm³/mol. The molecule has 3 heteroatoms. The Bertz CT molecular complexity index is 658. The van der Waals surface area contributed by atoms with E-state index >= 15 is 0 Å². The number of carbonyl (C=O) groups excluding carboxylic acids is 2. The van der Waals surface area contributed by atoms with Crippen LogP contribution < -0.4 is 0 Å². The van der Waals surface area contributed by atoms with Crippen LogP contribution in [0.15, 0.2) is 24.3 Å². The topological polar surface area (TPSA) is 37.4 Å². The molecule has 1 aliphatic heterocycles. The van der Waals surface area contributed by atoms with E-state index in [1.807, 2.05) is 0 Å². The van der Waals surface area contributed by atoms with E-state index in [0.29, 0.717) is 12.3 Å². The van der Waals surface area contributed by atoms with Crippen molar-refractivity contribution in [2.75, 3.05) is 6.54 Å². The summed E-state index contributed by atoms with van der Waals surface area (Å²) in [5.74, 6) is 0.622. The van der Waals surface area contributed by atoms with E-state index < -0.39 is 0 Å². The van der Waals surface area contributed by atoms with Gasteiger partial charge in [0.25, 0.3) is 0 Å². The fourth-order valence-corrected chi connectivity index (χ4v) is 5.48. The first-order valence-electron chi connectivity index (χ1n) is 8.80. The lowest BCUT2D eigenvalue weighted by molar-refractivity contribution is -0.218. The van der Waals surface area contributed by atoms with Gasteiger partial charge in [-0.1, -0.05) is 29.8 Å². The van der Waals surface area contributed by atoms with Crippen LogP contribution in [-0.4, -0.2) is 23.1 Å². The molecule has 1 unspecified atom stereocenters. The van der Waals surface area contributed by atoms with E-state index in [9.17, 15) is 9.59 Å². The quantitative estimate of drug-likeness (QED) is 0.848. The molecular weight excluding hydrogens is 286 g/mol. The standard InChI is InChI=1S/C20H25NO2/c1-14-5-3-6-16(9-14)17-7-4-8-21(17)18(23)20-11-19(12-20,13-20)10-15(2)22/h3,5-6,9,17H,4,7-8,10-13H2,1-2H3. The normalized spacial score (nSPS) is 34.7. The molecule has 1 atom stereocenters. The van der Waals surface area contributed by atoms with Crippen LogP contribution in [0.3, 0.4) is 0 Å². The maximum absolute atomic E-state index is 13.1. The molecule has 3 nitrogen and oxygen atoms in total. The fourth-order valence-electron chi connectivity index (χ4n) is 5.48. The molecule has 1 heterocycles. The largest absolute Gasteiger partial charge is 0.335 e. The minimum absolute atomic E-state index is 0.123. The van der Waals surface area contributed by atoms with Crippen molar-refractivity contribution in [3.8, 4) is 0 Å². The second-order valence-electron chi connectivity index (χ2n) is 8.26. The van der Waals surface area contributed by atoms with Crippen molar-refractivity contribution in [1.82, 2.24) is 4.90 Å². The Kier molecular flexibility index (Phi) is 3.20. The number of ketones is 1. The highest BCUT2D eigenvalue weighted by molar-refractivity contribution is 5.88. The van der Waals surface area contributed by atoms with Crippen LogP contribution >= 0.6 is 0 Å².